The van der Waals surface area contributed by atoms with E-state index in [1.165, 1.54) is 36.2 Å². The molecule has 12 heteroatoms. The van der Waals surface area contributed by atoms with Gasteiger partial charge in [-0.3, -0.25) is 9.74 Å². The average Bonchev–Trinajstić information content (AvgIpc) is 2.64. The molecule has 0 aliphatic carbocycles. The topological polar surface area (TPSA) is 134 Å². The summed E-state index contributed by atoms with van der Waals surface area (Å²) in [7, 11) is 6.03. The van der Waals surface area contributed by atoms with Crippen LogP contribution in [0.25, 0.3) is 0 Å². The highest BCUT2D eigenvalue weighted by atomic mass is 16.7. The van der Waals surface area contributed by atoms with Gasteiger partial charge in [0.1, 0.15) is 33.7 Å². The molecule has 1 aromatic heterocycles. The molecule has 0 bridgehead atoms. The van der Waals surface area contributed by atoms with E-state index in [1.807, 2.05) is 6.79 Å². The highest BCUT2D eigenvalue weighted by Gasteiger charge is 2.18. The van der Waals surface area contributed by atoms with E-state index in [2.05, 4.69) is 15.0 Å². The third-order valence-corrected chi connectivity index (χ3v) is 2.58. The van der Waals surface area contributed by atoms with Crippen LogP contribution in [0, 0.1) is 0 Å². The van der Waals surface area contributed by atoms with Crippen LogP contribution in [0.5, 0.6) is 0 Å². The predicted octanol–water partition coefficient (Wildman–Crippen LogP) is -1.60. The van der Waals surface area contributed by atoms with E-state index >= 15 is 0 Å². The minimum absolute atomic E-state index is 0.0828. The highest BCUT2D eigenvalue weighted by Crippen LogP contribution is 2.18. The van der Waals surface area contributed by atoms with Crippen molar-refractivity contribution in [3.8, 4) is 0 Å². The number of carbonyl (C=O) groups is 1. The minimum Gasteiger partial charge on any atom is -0.376 e. The highest BCUT2D eigenvalue weighted by molar-refractivity contribution is 5.44. The lowest BCUT2D eigenvalue weighted by atomic mass is 10.7. The van der Waals surface area contributed by atoms with Gasteiger partial charge in [0.25, 0.3) is 5.95 Å². The second-order valence-corrected chi connectivity index (χ2v) is 4.15. The fraction of sp³-hybridized carbons (Fsp3) is 0.667. The largest absolute Gasteiger partial charge is 0.376 e. The van der Waals surface area contributed by atoms with Gasteiger partial charge in [-0.05, 0) is 0 Å². The lowest BCUT2D eigenvalue weighted by Gasteiger charge is -2.24. The summed E-state index contributed by atoms with van der Waals surface area (Å²) in [5, 5.41) is 19.9. The SMILES string of the molecule is C=O.COCN(CO)c1nc(N(C)CO)nc(N(COC)OC)n1. The fourth-order valence-corrected chi connectivity index (χ4v) is 1.46. The van der Waals surface area contributed by atoms with Crippen LogP contribution < -0.4 is 14.9 Å². The molecule has 0 aliphatic rings. The van der Waals surface area contributed by atoms with Gasteiger partial charge in [0.15, 0.2) is 0 Å². The molecule has 1 aromatic rings. The van der Waals surface area contributed by atoms with Crippen molar-refractivity contribution in [3.63, 3.8) is 0 Å². The summed E-state index contributed by atoms with van der Waals surface area (Å²) >= 11 is 0. The van der Waals surface area contributed by atoms with Crippen LogP contribution >= 0.6 is 0 Å². The molecule has 0 fully saturated rings. The number of hydrogen-bond donors (Lipinski definition) is 2. The number of methoxy groups -OCH3 is 2. The van der Waals surface area contributed by atoms with Gasteiger partial charge in [0.2, 0.25) is 11.9 Å². The van der Waals surface area contributed by atoms with Crippen LogP contribution in [0.1, 0.15) is 0 Å². The van der Waals surface area contributed by atoms with Crippen LogP contribution in [0.4, 0.5) is 17.8 Å². The van der Waals surface area contributed by atoms with Gasteiger partial charge in [-0.2, -0.15) is 20.0 Å². The molecule has 24 heavy (non-hydrogen) atoms. The summed E-state index contributed by atoms with van der Waals surface area (Å²) < 4.78 is 9.98. The molecule has 12 nitrogen and oxygen atoms in total. The molecule has 0 atom stereocenters. The van der Waals surface area contributed by atoms with Crippen molar-refractivity contribution in [3.05, 3.63) is 0 Å². The first-order valence-electron chi connectivity index (χ1n) is 6.63. The molecule has 138 valence electrons. The first-order valence-corrected chi connectivity index (χ1v) is 6.63. The molecule has 0 unspecified atom stereocenters. The zero-order chi connectivity index (χ0) is 18.5. The Morgan fingerprint density at radius 1 is 0.917 bits per heavy atom. The summed E-state index contributed by atoms with van der Waals surface area (Å²) in [6, 6.07) is 0. The number of hydroxylamine groups is 1. The van der Waals surface area contributed by atoms with Crippen LogP contribution in [0.15, 0.2) is 0 Å². The number of nitrogens with zero attached hydrogens (tertiary/aromatic N) is 6. The van der Waals surface area contributed by atoms with E-state index in [1.54, 1.807) is 7.05 Å². The number of ether oxygens (including phenoxy) is 2. The maximum absolute atomic E-state index is 9.40. The summed E-state index contributed by atoms with van der Waals surface area (Å²) in [5.74, 6) is 0.539. The van der Waals surface area contributed by atoms with Crippen molar-refractivity contribution in [1.82, 2.24) is 15.0 Å². The normalized spacial score (nSPS) is 9.92. The van der Waals surface area contributed by atoms with E-state index in [0.29, 0.717) is 0 Å². The maximum atomic E-state index is 9.40. The third-order valence-electron chi connectivity index (χ3n) is 2.58. The van der Waals surface area contributed by atoms with E-state index in [0.717, 1.165) is 0 Å². The molecule has 1 rings (SSSR count). The summed E-state index contributed by atoms with van der Waals surface area (Å²) in [6.07, 6.45) is 0. The average molecular weight is 348 g/mol. The number of aliphatic hydroxyl groups is 2. The van der Waals surface area contributed by atoms with E-state index in [9.17, 15) is 10.2 Å². The van der Waals surface area contributed by atoms with E-state index in [-0.39, 0.29) is 44.8 Å². The third kappa shape index (κ3) is 6.17. The molecule has 0 radical (unpaired) electrons. The molecule has 0 saturated heterocycles. The fourth-order valence-electron chi connectivity index (χ4n) is 1.46. The summed E-state index contributed by atoms with van der Waals surface area (Å²) in [6.45, 7) is 1.53. The van der Waals surface area contributed by atoms with Crippen LogP contribution in [0.2, 0.25) is 0 Å². The van der Waals surface area contributed by atoms with Crippen LogP contribution in [-0.4, -0.2) is 87.3 Å². The Labute approximate surface area is 140 Å². The van der Waals surface area contributed by atoms with Crippen molar-refractivity contribution in [1.29, 1.82) is 0 Å². The molecule has 1 heterocycles. The van der Waals surface area contributed by atoms with Crippen molar-refractivity contribution in [2.45, 2.75) is 0 Å². The molecular weight excluding hydrogens is 324 g/mol. The zero-order valence-electron chi connectivity index (χ0n) is 14.2. The minimum atomic E-state index is -0.350. The summed E-state index contributed by atoms with van der Waals surface area (Å²) in [4.78, 5) is 28.5. The molecule has 0 amide bonds. The van der Waals surface area contributed by atoms with Crippen molar-refractivity contribution < 1.29 is 29.3 Å². The van der Waals surface area contributed by atoms with Gasteiger partial charge in [0, 0.05) is 21.3 Å². The maximum Gasteiger partial charge on any atom is 0.258 e. The first-order chi connectivity index (χ1) is 11.6. The van der Waals surface area contributed by atoms with Crippen molar-refractivity contribution in [2.75, 3.05) is 70.2 Å². The van der Waals surface area contributed by atoms with E-state index in [4.69, 9.17) is 19.1 Å². The van der Waals surface area contributed by atoms with Crippen LogP contribution in [-0.2, 0) is 19.1 Å². The zero-order valence-corrected chi connectivity index (χ0v) is 14.2. The molecule has 0 saturated carbocycles. The molecule has 0 aromatic carbocycles. The second-order valence-electron chi connectivity index (χ2n) is 4.15. The van der Waals surface area contributed by atoms with Gasteiger partial charge < -0.3 is 29.4 Å². The van der Waals surface area contributed by atoms with Gasteiger partial charge in [-0.1, -0.05) is 0 Å². The monoisotopic (exact) mass is 348 g/mol. The standard InChI is InChI=1S/C11H22N6O5.CH2O/c1-15(5-18)9-12-10(16(6-19)7-20-2)14-11(13-9)17(22-4)8-21-3;1-2/h18-19H,5-8H2,1-4H3;1H2. The van der Waals surface area contributed by atoms with Crippen molar-refractivity contribution in [2.24, 2.45) is 0 Å². The Kier molecular flexibility index (Phi) is 11.2. The number of rotatable bonds is 10. The number of carbonyl (C=O) groups excluding carboxylic acids is 1. The Morgan fingerprint density at radius 3 is 1.92 bits per heavy atom. The smallest absolute Gasteiger partial charge is 0.258 e. The second kappa shape index (κ2) is 12.3. The Bertz CT molecular complexity index is 435. The van der Waals surface area contributed by atoms with Gasteiger partial charge in [0.05, 0.1) is 7.11 Å². The Morgan fingerprint density at radius 2 is 1.46 bits per heavy atom. The first kappa shape index (κ1) is 21.9. The lowest BCUT2D eigenvalue weighted by Crippen LogP contribution is -2.33. The number of aromatic nitrogens is 3. The Balaban J connectivity index is 0.00000254. The number of anilines is 3. The lowest BCUT2D eigenvalue weighted by molar-refractivity contribution is -0.0979. The van der Waals surface area contributed by atoms with E-state index < -0.39 is 0 Å². The summed E-state index contributed by atoms with van der Waals surface area (Å²) in [5.41, 5.74) is 0. The predicted molar refractivity (Wildman–Crippen MR) is 85.2 cm³/mol. The van der Waals surface area contributed by atoms with Gasteiger partial charge >= 0.3 is 0 Å². The van der Waals surface area contributed by atoms with Gasteiger partial charge in [-0.25, -0.2) is 0 Å². The number of aliphatic hydroxyl groups excluding tert-OH is 2. The molecule has 2 N–H and O–H groups in total. The quantitative estimate of drug-likeness (QED) is 0.373. The Hall–Kier alpha value is -2.12. The number of hydrogen-bond acceptors (Lipinski definition) is 12. The van der Waals surface area contributed by atoms with Crippen LogP contribution in [0.3, 0.4) is 0 Å². The van der Waals surface area contributed by atoms with Crippen molar-refractivity contribution >= 4 is 24.6 Å². The molecular formula is C12H24N6O6. The van der Waals surface area contributed by atoms with Gasteiger partial charge in [-0.15, -0.1) is 0 Å². The molecule has 0 spiro atoms. The molecule has 0 aliphatic heterocycles.